The third kappa shape index (κ3) is 3.36. The topological polar surface area (TPSA) is 55.4 Å². The number of carbonyl (C=O) groups is 2. The van der Waals surface area contributed by atoms with E-state index in [1.807, 2.05) is 31.2 Å². The number of aryl methyl sites for hydroxylation is 1. The molecule has 140 valence electrons. The van der Waals surface area contributed by atoms with Gasteiger partial charge in [0.25, 0.3) is 5.91 Å². The lowest BCUT2D eigenvalue weighted by atomic mass is 9.49. The summed E-state index contributed by atoms with van der Waals surface area (Å²) in [4.78, 5) is 24.7. The van der Waals surface area contributed by atoms with Crippen molar-refractivity contribution in [3.05, 3.63) is 35.4 Å². The van der Waals surface area contributed by atoms with Crippen LogP contribution in [-0.4, -0.2) is 23.4 Å². The van der Waals surface area contributed by atoms with Gasteiger partial charge in [0.2, 0.25) is 0 Å². The van der Waals surface area contributed by atoms with Crippen LogP contribution < -0.4 is 5.32 Å². The molecule has 0 heterocycles. The average Bonchev–Trinajstić information content (AvgIpc) is 2.56. The Hall–Kier alpha value is -1.55. The largest absolute Gasteiger partial charge is 0.455 e. The minimum Gasteiger partial charge on any atom is -0.455 e. The average molecular weight is 376 g/mol. The summed E-state index contributed by atoms with van der Waals surface area (Å²) in [7, 11) is 0. The highest BCUT2D eigenvalue weighted by Crippen LogP contribution is 2.64. The van der Waals surface area contributed by atoms with Crippen LogP contribution in [-0.2, 0) is 20.9 Å². The molecule has 26 heavy (non-hydrogen) atoms. The zero-order valence-electron chi connectivity index (χ0n) is 15.2. The Labute approximate surface area is 159 Å². The minimum absolute atomic E-state index is 0.211. The number of esters is 1. The first kappa shape index (κ1) is 17.8. The second kappa shape index (κ2) is 6.56. The standard InChI is InChI=1S/C21H26ClNO3/c1-14-4-2-3-5-17(14)11-23-18(24)12-26-19(25)20-7-15-6-16(8-20)10-21(22,9-15)13-20/h2-5,15-16H,6-13H2,1H3,(H,23,24)/t15-,16+,20?,21?. The number of amides is 1. The molecule has 4 fully saturated rings. The lowest BCUT2D eigenvalue weighted by molar-refractivity contribution is -0.171. The Bertz CT molecular complexity index is 718. The van der Waals surface area contributed by atoms with Crippen molar-refractivity contribution in [1.29, 1.82) is 0 Å². The molecule has 4 aliphatic rings. The van der Waals surface area contributed by atoms with E-state index in [-0.39, 0.29) is 23.4 Å². The molecule has 1 aromatic rings. The number of alkyl halides is 1. The summed E-state index contributed by atoms with van der Waals surface area (Å²) >= 11 is 6.77. The molecule has 2 unspecified atom stereocenters. The highest BCUT2D eigenvalue weighted by Gasteiger charge is 2.60. The van der Waals surface area contributed by atoms with Crippen molar-refractivity contribution in [2.75, 3.05) is 6.61 Å². The van der Waals surface area contributed by atoms with Gasteiger partial charge in [0, 0.05) is 11.4 Å². The quantitative estimate of drug-likeness (QED) is 0.630. The molecule has 5 heteroatoms. The fourth-order valence-corrected chi connectivity index (χ4v) is 6.42. The summed E-state index contributed by atoms with van der Waals surface area (Å²) in [6.07, 6.45) is 5.70. The fraction of sp³-hybridized carbons (Fsp3) is 0.619. The van der Waals surface area contributed by atoms with Crippen LogP contribution in [0.15, 0.2) is 24.3 Å². The van der Waals surface area contributed by atoms with Crippen molar-refractivity contribution >= 4 is 23.5 Å². The van der Waals surface area contributed by atoms with E-state index in [9.17, 15) is 9.59 Å². The van der Waals surface area contributed by atoms with Crippen LogP contribution in [0.4, 0.5) is 0 Å². The molecular weight excluding hydrogens is 350 g/mol. The summed E-state index contributed by atoms with van der Waals surface area (Å²) in [5.41, 5.74) is 1.74. The molecule has 0 aromatic heterocycles. The molecule has 4 atom stereocenters. The highest BCUT2D eigenvalue weighted by atomic mass is 35.5. The van der Waals surface area contributed by atoms with Crippen LogP contribution >= 0.6 is 11.6 Å². The molecule has 4 aliphatic carbocycles. The smallest absolute Gasteiger partial charge is 0.312 e. The molecule has 0 spiro atoms. The van der Waals surface area contributed by atoms with Crippen molar-refractivity contribution in [3.63, 3.8) is 0 Å². The number of hydrogen-bond donors (Lipinski definition) is 1. The molecule has 5 rings (SSSR count). The molecule has 0 radical (unpaired) electrons. The van der Waals surface area contributed by atoms with Crippen LogP contribution in [0.25, 0.3) is 0 Å². The minimum atomic E-state index is -0.456. The van der Waals surface area contributed by atoms with E-state index in [2.05, 4.69) is 5.32 Å². The van der Waals surface area contributed by atoms with Crippen LogP contribution in [0.2, 0.25) is 0 Å². The zero-order valence-corrected chi connectivity index (χ0v) is 16.0. The molecule has 4 saturated carbocycles. The molecular formula is C21H26ClNO3. The van der Waals surface area contributed by atoms with Crippen molar-refractivity contribution in [1.82, 2.24) is 5.32 Å². The lowest BCUT2D eigenvalue weighted by Crippen LogP contribution is -2.56. The van der Waals surface area contributed by atoms with E-state index >= 15 is 0 Å². The van der Waals surface area contributed by atoms with Gasteiger partial charge in [-0.15, -0.1) is 11.6 Å². The maximum atomic E-state index is 12.8. The molecule has 4 nitrogen and oxygen atoms in total. The zero-order chi connectivity index (χ0) is 18.4. The maximum absolute atomic E-state index is 12.8. The molecule has 0 aliphatic heterocycles. The third-order valence-corrected chi connectivity index (χ3v) is 6.94. The predicted molar refractivity (Wildman–Crippen MR) is 99.7 cm³/mol. The maximum Gasteiger partial charge on any atom is 0.312 e. The first-order valence-electron chi connectivity index (χ1n) is 9.55. The Morgan fingerprint density at radius 2 is 1.88 bits per heavy atom. The number of halogens is 1. The summed E-state index contributed by atoms with van der Waals surface area (Å²) in [5.74, 6) is 0.599. The van der Waals surface area contributed by atoms with Gasteiger partial charge < -0.3 is 10.1 Å². The van der Waals surface area contributed by atoms with E-state index in [1.165, 1.54) is 6.42 Å². The van der Waals surface area contributed by atoms with E-state index in [1.54, 1.807) is 0 Å². The molecule has 1 aromatic carbocycles. The Kier molecular flexibility index (Phi) is 4.50. The lowest BCUT2D eigenvalue weighted by Gasteiger charge is -2.58. The van der Waals surface area contributed by atoms with E-state index in [0.717, 1.165) is 36.8 Å². The van der Waals surface area contributed by atoms with E-state index in [0.29, 0.717) is 24.8 Å². The van der Waals surface area contributed by atoms with Gasteiger partial charge in [-0.1, -0.05) is 24.3 Å². The first-order chi connectivity index (χ1) is 12.4. The first-order valence-corrected chi connectivity index (χ1v) is 9.93. The Balaban J connectivity index is 1.31. The van der Waals surface area contributed by atoms with Crippen LogP contribution in [0.3, 0.4) is 0 Å². The predicted octanol–water partition coefficient (Wildman–Crippen LogP) is 3.73. The Morgan fingerprint density at radius 1 is 1.19 bits per heavy atom. The van der Waals surface area contributed by atoms with Crippen molar-refractivity contribution in [2.24, 2.45) is 17.3 Å². The normalized spacial score (nSPS) is 34.5. The molecule has 4 bridgehead atoms. The summed E-state index contributed by atoms with van der Waals surface area (Å²) < 4.78 is 5.44. The number of carbonyl (C=O) groups excluding carboxylic acids is 2. The van der Waals surface area contributed by atoms with E-state index < -0.39 is 5.41 Å². The monoisotopic (exact) mass is 375 g/mol. The number of hydrogen-bond acceptors (Lipinski definition) is 3. The fourth-order valence-electron chi connectivity index (χ4n) is 5.73. The van der Waals surface area contributed by atoms with Gasteiger partial charge in [-0.25, -0.2) is 0 Å². The number of benzene rings is 1. The molecule has 0 saturated heterocycles. The van der Waals surface area contributed by atoms with E-state index in [4.69, 9.17) is 16.3 Å². The summed E-state index contributed by atoms with van der Waals surface area (Å²) in [6.45, 7) is 2.25. The number of nitrogens with one attached hydrogen (secondary N) is 1. The van der Waals surface area contributed by atoms with Gasteiger partial charge in [-0.05, 0) is 68.4 Å². The number of ether oxygens (including phenoxy) is 1. The molecule has 1 N–H and O–H groups in total. The Morgan fingerprint density at radius 3 is 2.54 bits per heavy atom. The van der Waals surface area contributed by atoms with Gasteiger partial charge in [0.1, 0.15) is 0 Å². The van der Waals surface area contributed by atoms with Crippen LogP contribution in [0.1, 0.15) is 49.7 Å². The van der Waals surface area contributed by atoms with Crippen LogP contribution in [0.5, 0.6) is 0 Å². The third-order valence-electron chi connectivity index (χ3n) is 6.49. The van der Waals surface area contributed by atoms with Crippen molar-refractivity contribution in [2.45, 2.75) is 56.9 Å². The van der Waals surface area contributed by atoms with Crippen molar-refractivity contribution < 1.29 is 14.3 Å². The van der Waals surface area contributed by atoms with Gasteiger partial charge in [0.05, 0.1) is 5.41 Å². The SMILES string of the molecule is Cc1ccccc1CNC(=O)COC(=O)C12C[C@@H]3C[C@@H](CC(Cl)(C3)C1)C2. The summed E-state index contributed by atoms with van der Waals surface area (Å²) in [6, 6.07) is 7.91. The highest BCUT2D eigenvalue weighted by molar-refractivity contribution is 6.24. The second-order valence-electron chi connectivity index (χ2n) is 8.67. The number of rotatable bonds is 5. The van der Waals surface area contributed by atoms with Gasteiger partial charge in [0.15, 0.2) is 6.61 Å². The van der Waals surface area contributed by atoms with Crippen LogP contribution in [0, 0.1) is 24.2 Å². The second-order valence-corrected chi connectivity index (χ2v) is 9.47. The molecule has 1 amide bonds. The van der Waals surface area contributed by atoms with Gasteiger partial charge in [-0.3, -0.25) is 9.59 Å². The van der Waals surface area contributed by atoms with Gasteiger partial charge in [-0.2, -0.15) is 0 Å². The summed E-state index contributed by atoms with van der Waals surface area (Å²) in [5, 5.41) is 2.83. The van der Waals surface area contributed by atoms with Crippen molar-refractivity contribution in [3.8, 4) is 0 Å². The van der Waals surface area contributed by atoms with Gasteiger partial charge >= 0.3 is 5.97 Å².